The lowest BCUT2D eigenvalue weighted by Gasteiger charge is -1.92. The number of nitrogens with zero attached hydrogens (tertiary/aromatic N) is 1. The number of terminal acetylenes is 1. The fraction of sp³-hybridized carbons (Fsp3) is 0.125. The first kappa shape index (κ1) is 8.51. The molecule has 52 valence electrons. The number of rotatable bonds is 0. The van der Waals surface area contributed by atoms with Gasteiger partial charge in [-0.1, -0.05) is 13.3 Å². The van der Waals surface area contributed by atoms with E-state index < -0.39 is 0 Å². The standard InChI is InChI=1S/C7H6N2.CH4/c1-2-6-3-4-9-5-7(6)8;/h1,3-5H,8H2;1H4. The summed E-state index contributed by atoms with van der Waals surface area (Å²) in [6, 6.07) is 1.70. The van der Waals surface area contributed by atoms with Gasteiger partial charge >= 0.3 is 0 Å². The maximum absolute atomic E-state index is 5.43. The molecule has 0 aliphatic heterocycles. The molecule has 1 aromatic rings. The van der Waals surface area contributed by atoms with Crippen molar-refractivity contribution in [3.05, 3.63) is 24.0 Å². The highest BCUT2D eigenvalue weighted by Crippen LogP contribution is 2.04. The average molecular weight is 134 g/mol. The summed E-state index contributed by atoms with van der Waals surface area (Å²) in [5, 5.41) is 0. The summed E-state index contributed by atoms with van der Waals surface area (Å²) < 4.78 is 0. The van der Waals surface area contributed by atoms with Crippen LogP contribution in [0.1, 0.15) is 13.0 Å². The zero-order valence-electron chi connectivity index (χ0n) is 4.83. The molecule has 0 saturated carbocycles. The molecule has 0 unspecified atom stereocenters. The van der Waals surface area contributed by atoms with E-state index in [9.17, 15) is 0 Å². The van der Waals surface area contributed by atoms with Gasteiger partial charge in [-0.25, -0.2) is 0 Å². The Hall–Kier alpha value is -1.49. The summed E-state index contributed by atoms with van der Waals surface area (Å²) in [6.07, 6.45) is 8.25. The van der Waals surface area contributed by atoms with Crippen LogP contribution in [0.3, 0.4) is 0 Å². The molecule has 0 amide bonds. The van der Waals surface area contributed by atoms with E-state index in [1.54, 1.807) is 12.3 Å². The predicted molar refractivity (Wildman–Crippen MR) is 43.3 cm³/mol. The van der Waals surface area contributed by atoms with Gasteiger partial charge in [-0.2, -0.15) is 0 Å². The summed E-state index contributed by atoms with van der Waals surface area (Å²) in [4.78, 5) is 3.77. The van der Waals surface area contributed by atoms with Crippen molar-refractivity contribution < 1.29 is 0 Å². The van der Waals surface area contributed by atoms with Crippen molar-refractivity contribution in [1.82, 2.24) is 4.98 Å². The minimum atomic E-state index is 0. The fourth-order valence-corrected chi connectivity index (χ4v) is 0.538. The molecule has 0 spiro atoms. The molecule has 0 aliphatic rings. The van der Waals surface area contributed by atoms with Crippen LogP contribution in [0.2, 0.25) is 0 Å². The first-order chi connectivity index (χ1) is 4.34. The molecule has 0 saturated heterocycles. The number of hydrogen-bond acceptors (Lipinski definition) is 2. The molecule has 0 atom stereocenters. The minimum absolute atomic E-state index is 0. The molecule has 1 rings (SSSR count). The third-order valence-electron chi connectivity index (χ3n) is 1.01. The Balaban J connectivity index is 0.000000810. The summed E-state index contributed by atoms with van der Waals surface area (Å²) in [6.45, 7) is 0. The number of nitrogen functional groups attached to an aromatic ring is 1. The van der Waals surface area contributed by atoms with Crippen LogP contribution in [-0.2, 0) is 0 Å². The smallest absolute Gasteiger partial charge is 0.0659 e. The fourth-order valence-electron chi connectivity index (χ4n) is 0.538. The van der Waals surface area contributed by atoms with E-state index in [-0.39, 0.29) is 7.43 Å². The van der Waals surface area contributed by atoms with Crippen LogP contribution in [0.5, 0.6) is 0 Å². The monoisotopic (exact) mass is 134 g/mol. The molecular weight excluding hydrogens is 124 g/mol. The van der Waals surface area contributed by atoms with Gasteiger partial charge in [-0.3, -0.25) is 4.98 Å². The van der Waals surface area contributed by atoms with Crippen LogP contribution >= 0.6 is 0 Å². The quantitative estimate of drug-likeness (QED) is 0.543. The summed E-state index contributed by atoms with van der Waals surface area (Å²) >= 11 is 0. The molecule has 0 fully saturated rings. The summed E-state index contributed by atoms with van der Waals surface area (Å²) in [5.74, 6) is 2.43. The third-order valence-corrected chi connectivity index (χ3v) is 1.01. The van der Waals surface area contributed by atoms with Crippen LogP contribution in [-0.4, -0.2) is 4.98 Å². The minimum Gasteiger partial charge on any atom is -0.396 e. The van der Waals surface area contributed by atoms with Gasteiger partial charge in [0.05, 0.1) is 17.4 Å². The van der Waals surface area contributed by atoms with Crippen molar-refractivity contribution in [2.75, 3.05) is 5.73 Å². The van der Waals surface area contributed by atoms with Gasteiger partial charge in [0.1, 0.15) is 0 Å². The van der Waals surface area contributed by atoms with Crippen LogP contribution in [0, 0.1) is 12.3 Å². The zero-order chi connectivity index (χ0) is 6.69. The van der Waals surface area contributed by atoms with E-state index in [2.05, 4.69) is 10.9 Å². The van der Waals surface area contributed by atoms with E-state index in [1.807, 2.05) is 0 Å². The largest absolute Gasteiger partial charge is 0.396 e. The van der Waals surface area contributed by atoms with Crippen molar-refractivity contribution in [2.24, 2.45) is 0 Å². The van der Waals surface area contributed by atoms with Crippen molar-refractivity contribution in [2.45, 2.75) is 7.43 Å². The number of aromatic nitrogens is 1. The highest BCUT2D eigenvalue weighted by molar-refractivity contribution is 5.52. The lowest BCUT2D eigenvalue weighted by atomic mass is 10.2. The second kappa shape index (κ2) is 3.52. The molecule has 1 aromatic heterocycles. The molecule has 0 aliphatic carbocycles. The van der Waals surface area contributed by atoms with Gasteiger partial charge in [0.2, 0.25) is 0 Å². The van der Waals surface area contributed by atoms with Gasteiger partial charge in [0, 0.05) is 6.20 Å². The molecule has 2 N–H and O–H groups in total. The Morgan fingerprint density at radius 2 is 2.30 bits per heavy atom. The molecule has 0 bridgehead atoms. The normalized spacial score (nSPS) is 7.50. The molecule has 10 heavy (non-hydrogen) atoms. The van der Waals surface area contributed by atoms with Crippen molar-refractivity contribution >= 4 is 5.69 Å². The van der Waals surface area contributed by atoms with E-state index in [1.165, 1.54) is 6.20 Å². The number of pyridine rings is 1. The zero-order valence-corrected chi connectivity index (χ0v) is 4.83. The Morgan fingerprint density at radius 1 is 1.60 bits per heavy atom. The van der Waals surface area contributed by atoms with Crippen molar-refractivity contribution in [3.8, 4) is 12.3 Å². The first-order valence-electron chi connectivity index (χ1n) is 2.50. The number of anilines is 1. The van der Waals surface area contributed by atoms with Crippen molar-refractivity contribution in [3.63, 3.8) is 0 Å². The highest BCUT2D eigenvalue weighted by atomic mass is 14.7. The summed E-state index contributed by atoms with van der Waals surface area (Å²) in [7, 11) is 0. The van der Waals surface area contributed by atoms with Gasteiger partial charge in [0.15, 0.2) is 0 Å². The predicted octanol–water partition coefficient (Wildman–Crippen LogP) is 1.28. The molecule has 0 radical (unpaired) electrons. The molecular formula is C8H10N2. The van der Waals surface area contributed by atoms with Gasteiger partial charge in [-0.15, -0.1) is 6.42 Å². The van der Waals surface area contributed by atoms with Crippen LogP contribution in [0.25, 0.3) is 0 Å². The van der Waals surface area contributed by atoms with E-state index >= 15 is 0 Å². The maximum Gasteiger partial charge on any atom is 0.0659 e. The van der Waals surface area contributed by atoms with Gasteiger partial charge in [0.25, 0.3) is 0 Å². The lowest BCUT2D eigenvalue weighted by molar-refractivity contribution is 1.32. The topological polar surface area (TPSA) is 38.9 Å². The van der Waals surface area contributed by atoms with Gasteiger partial charge < -0.3 is 5.73 Å². The lowest BCUT2D eigenvalue weighted by Crippen LogP contribution is -1.89. The Bertz CT molecular complexity index is 248. The Labute approximate surface area is 61.1 Å². The van der Waals surface area contributed by atoms with E-state index in [0.29, 0.717) is 11.3 Å². The SMILES string of the molecule is C.C#Cc1ccncc1N. The van der Waals surface area contributed by atoms with Crippen LogP contribution < -0.4 is 5.73 Å². The average Bonchev–Trinajstić information content (AvgIpc) is 1.89. The third kappa shape index (κ3) is 1.49. The van der Waals surface area contributed by atoms with Crippen molar-refractivity contribution in [1.29, 1.82) is 0 Å². The molecule has 1 heterocycles. The van der Waals surface area contributed by atoms with E-state index in [0.717, 1.165) is 0 Å². The number of nitrogens with two attached hydrogens (primary N) is 1. The maximum atomic E-state index is 5.43. The van der Waals surface area contributed by atoms with Crippen LogP contribution in [0.15, 0.2) is 18.5 Å². The van der Waals surface area contributed by atoms with Crippen LogP contribution in [0.4, 0.5) is 5.69 Å². The Kier molecular flexibility index (Phi) is 2.99. The first-order valence-corrected chi connectivity index (χ1v) is 2.50. The molecule has 0 aromatic carbocycles. The molecule has 2 heteroatoms. The second-order valence-corrected chi connectivity index (χ2v) is 1.61. The van der Waals surface area contributed by atoms with E-state index in [4.69, 9.17) is 12.2 Å². The Morgan fingerprint density at radius 3 is 2.70 bits per heavy atom. The molecule has 2 nitrogen and oxygen atoms in total. The number of hydrogen-bond donors (Lipinski definition) is 1. The van der Waals surface area contributed by atoms with Gasteiger partial charge in [-0.05, 0) is 6.07 Å². The highest BCUT2D eigenvalue weighted by Gasteiger charge is 1.89. The second-order valence-electron chi connectivity index (χ2n) is 1.61. The summed E-state index contributed by atoms with van der Waals surface area (Å²) in [5.41, 5.74) is 6.68.